The van der Waals surface area contributed by atoms with E-state index in [0.717, 1.165) is 35.4 Å². The zero-order valence-electron chi connectivity index (χ0n) is 15.2. The number of carbonyl (C=O) groups is 1. The number of ether oxygens (including phenoxy) is 1. The number of rotatable bonds is 8. The zero-order valence-corrected chi connectivity index (χ0v) is 15.2. The molecule has 1 amide bonds. The van der Waals surface area contributed by atoms with Gasteiger partial charge < -0.3 is 4.74 Å². The molecular weight excluding hydrogens is 312 g/mol. The van der Waals surface area contributed by atoms with Gasteiger partial charge in [0, 0.05) is 0 Å². The lowest BCUT2D eigenvalue weighted by Gasteiger charge is -2.15. The highest BCUT2D eigenvalue weighted by Crippen LogP contribution is 2.28. The number of nitrogens with zero attached hydrogens (tertiary/aromatic N) is 1. The van der Waals surface area contributed by atoms with Crippen molar-refractivity contribution in [2.24, 2.45) is 5.10 Å². The molecule has 4 heteroatoms. The van der Waals surface area contributed by atoms with Gasteiger partial charge in [0.25, 0.3) is 5.91 Å². The maximum Gasteiger partial charge on any atom is 0.277 e. The van der Waals surface area contributed by atoms with Gasteiger partial charge in [-0.15, -0.1) is 0 Å². The van der Waals surface area contributed by atoms with E-state index in [1.807, 2.05) is 61.5 Å². The topological polar surface area (TPSA) is 50.7 Å². The van der Waals surface area contributed by atoms with Crippen molar-refractivity contribution in [3.05, 3.63) is 65.7 Å². The molecule has 25 heavy (non-hydrogen) atoms. The van der Waals surface area contributed by atoms with Crippen molar-refractivity contribution in [1.82, 2.24) is 5.43 Å². The highest BCUT2D eigenvalue weighted by molar-refractivity contribution is 6.00. The van der Waals surface area contributed by atoms with Gasteiger partial charge in [-0.1, -0.05) is 69.3 Å². The van der Waals surface area contributed by atoms with E-state index in [1.165, 1.54) is 0 Å². The second-order valence-electron chi connectivity index (χ2n) is 5.95. The Morgan fingerprint density at radius 2 is 1.76 bits per heavy atom. The number of nitrogens with one attached hydrogen (secondary N) is 1. The summed E-state index contributed by atoms with van der Waals surface area (Å²) in [6.45, 7) is 6.25. The van der Waals surface area contributed by atoms with E-state index in [0.29, 0.717) is 5.92 Å². The third kappa shape index (κ3) is 5.45. The first kappa shape index (κ1) is 18.7. The van der Waals surface area contributed by atoms with Crippen LogP contribution in [0.15, 0.2) is 59.7 Å². The van der Waals surface area contributed by atoms with Crippen molar-refractivity contribution in [3.63, 3.8) is 0 Å². The van der Waals surface area contributed by atoms with Crippen LogP contribution in [0.25, 0.3) is 0 Å². The van der Waals surface area contributed by atoms with Crippen LogP contribution < -0.4 is 10.2 Å². The van der Waals surface area contributed by atoms with Crippen LogP contribution in [0.5, 0.6) is 5.75 Å². The minimum Gasteiger partial charge on any atom is -0.483 e. The van der Waals surface area contributed by atoms with E-state index in [2.05, 4.69) is 24.4 Å². The molecule has 0 aliphatic carbocycles. The van der Waals surface area contributed by atoms with E-state index in [4.69, 9.17) is 4.74 Å². The summed E-state index contributed by atoms with van der Waals surface area (Å²) < 4.78 is 5.71. The first-order valence-electron chi connectivity index (χ1n) is 8.78. The van der Waals surface area contributed by atoms with Crippen LogP contribution in [-0.2, 0) is 4.79 Å². The van der Waals surface area contributed by atoms with Gasteiger partial charge >= 0.3 is 0 Å². The number of carbonyl (C=O) groups excluding carboxylic acids is 1. The summed E-state index contributed by atoms with van der Waals surface area (Å²) in [7, 11) is 0. The number of benzene rings is 2. The van der Waals surface area contributed by atoms with Crippen LogP contribution in [0, 0.1) is 0 Å². The molecule has 0 radical (unpaired) electrons. The molecule has 132 valence electrons. The predicted octanol–water partition coefficient (Wildman–Crippen LogP) is 4.51. The highest BCUT2D eigenvalue weighted by atomic mass is 16.5. The second kappa shape index (κ2) is 9.62. The van der Waals surface area contributed by atoms with Gasteiger partial charge in [0.1, 0.15) is 5.75 Å². The second-order valence-corrected chi connectivity index (χ2v) is 5.95. The van der Waals surface area contributed by atoms with Crippen LogP contribution in [0.2, 0.25) is 0 Å². The molecule has 1 atom stereocenters. The molecule has 0 saturated carbocycles. The van der Waals surface area contributed by atoms with Crippen molar-refractivity contribution >= 4 is 11.6 Å². The monoisotopic (exact) mass is 338 g/mol. The first-order valence-corrected chi connectivity index (χ1v) is 8.78. The fourth-order valence-electron chi connectivity index (χ4n) is 2.52. The fraction of sp³-hybridized carbons (Fsp3) is 0.333. The molecule has 4 nitrogen and oxygen atoms in total. The van der Waals surface area contributed by atoms with Crippen molar-refractivity contribution < 1.29 is 9.53 Å². The number of amides is 1. The summed E-state index contributed by atoms with van der Waals surface area (Å²) in [5, 5.41) is 4.24. The Balaban J connectivity index is 1.96. The fourth-order valence-corrected chi connectivity index (χ4v) is 2.52. The largest absolute Gasteiger partial charge is 0.483 e. The van der Waals surface area contributed by atoms with Gasteiger partial charge in [0.2, 0.25) is 0 Å². The number of hydrogen-bond donors (Lipinski definition) is 1. The first-order chi connectivity index (χ1) is 12.2. The molecular formula is C21H26N2O2. The van der Waals surface area contributed by atoms with Crippen molar-refractivity contribution in [3.8, 4) is 5.75 Å². The van der Waals surface area contributed by atoms with E-state index < -0.39 is 0 Å². The summed E-state index contributed by atoms with van der Waals surface area (Å²) in [4.78, 5) is 12.1. The lowest BCUT2D eigenvalue weighted by Crippen LogP contribution is -2.26. The minimum absolute atomic E-state index is 0.0528. The van der Waals surface area contributed by atoms with E-state index >= 15 is 0 Å². The Morgan fingerprint density at radius 1 is 1.08 bits per heavy atom. The molecule has 0 aliphatic heterocycles. The summed E-state index contributed by atoms with van der Waals surface area (Å²) in [6, 6.07) is 17.7. The lowest BCUT2D eigenvalue weighted by atomic mass is 9.98. The Morgan fingerprint density at radius 3 is 2.44 bits per heavy atom. The summed E-state index contributed by atoms with van der Waals surface area (Å²) in [5.41, 5.74) is 5.56. The molecule has 0 aliphatic rings. The normalized spacial score (nSPS) is 12.5. The quantitative estimate of drug-likeness (QED) is 0.569. The Kier molecular flexibility index (Phi) is 7.20. The highest BCUT2D eigenvalue weighted by Gasteiger charge is 2.11. The molecule has 0 saturated heterocycles. The molecule has 0 bridgehead atoms. The van der Waals surface area contributed by atoms with E-state index in [-0.39, 0.29) is 12.5 Å². The lowest BCUT2D eigenvalue weighted by molar-refractivity contribution is -0.123. The van der Waals surface area contributed by atoms with E-state index in [9.17, 15) is 4.79 Å². The number of hydrogen-bond acceptors (Lipinski definition) is 3. The Bertz CT molecular complexity index is 711. The predicted molar refractivity (Wildman–Crippen MR) is 102 cm³/mol. The van der Waals surface area contributed by atoms with Gasteiger partial charge in [-0.05, 0) is 36.0 Å². The Labute approximate surface area is 149 Å². The van der Waals surface area contributed by atoms with E-state index in [1.54, 1.807) is 0 Å². The third-order valence-corrected chi connectivity index (χ3v) is 4.18. The SMILES string of the molecule is CC/C(=N\NC(=O)COc1ccccc1C(C)CC)c1ccccc1. The van der Waals surface area contributed by atoms with Gasteiger partial charge in [-0.25, -0.2) is 5.43 Å². The Hall–Kier alpha value is -2.62. The summed E-state index contributed by atoms with van der Waals surface area (Å²) in [5.74, 6) is 0.887. The number of hydrazone groups is 1. The van der Waals surface area contributed by atoms with Crippen molar-refractivity contribution in [1.29, 1.82) is 0 Å². The van der Waals surface area contributed by atoms with Crippen molar-refractivity contribution in [2.75, 3.05) is 6.61 Å². The van der Waals surface area contributed by atoms with Crippen molar-refractivity contribution in [2.45, 2.75) is 39.5 Å². The van der Waals surface area contributed by atoms with Gasteiger partial charge in [0.05, 0.1) is 5.71 Å². The van der Waals surface area contributed by atoms with Crippen LogP contribution in [0.3, 0.4) is 0 Å². The molecule has 2 aromatic carbocycles. The maximum absolute atomic E-state index is 12.1. The van der Waals surface area contributed by atoms with Crippen LogP contribution >= 0.6 is 0 Å². The van der Waals surface area contributed by atoms with Gasteiger partial charge in [-0.3, -0.25) is 4.79 Å². The average molecular weight is 338 g/mol. The summed E-state index contributed by atoms with van der Waals surface area (Å²) in [6.07, 6.45) is 1.76. The standard InChI is InChI=1S/C21H26N2O2/c1-4-16(3)18-13-9-10-14-20(18)25-15-21(24)23-22-19(5-2)17-11-7-6-8-12-17/h6-14,16H,4-5,15H2,1-3H3,(H,23,24)/b22-19+. The third-order valence-electron chi connectivity index (χ3n) is 4.18. The zero-order chi connectivity index (χ0) is 18.1. The minimum atomic E-state index is -0.263. The molecule has 1 unspecified atom stereocenters. The maximum atomic E-state index is 12.1. The van der Waals surface area contributed by atoms with Crippen LogP contribution in [-0.4, -0.2) is 18.2 Å². The molecule has 0 aromatic heterocycles. The van der Waals surface area contributed by atoms with Crippen LogP contribution in [0.1, 0.15) is 50.7 Å². The van der Waals surface area contributed by atoms with Crippen LogP contribution in [0.4, 0.5) is 0 Å². The average Bonchev–Trinajstić information content (AvgIpc) is 2.67. The van der Waals surface area contributed by atoms with Gasteiger partial charge in [0.15, 0.2) is 6.61 Å². The number of para-hydroxylation sites is 1. The molecule has 1 N–H and O–H groups in total. The molecule has 2 aromatic rings. The molecule has 0 fully saturated rings. The molecule has 0 heterocycles. The smallest absolute Gasteiger partial charge is 0.277 e. The molecule has 0 spiro atoms. The summed E-state index contributed by atoms with van der Waals surface area (Å²) >= 11 is 0. The molecule has 2 rings (SSSR count). The van der Waals surface area contributed by atoms with Gasteiger partial charge in [-0.2, -0.15) is 5.10 Å².